The van der Waals surface area contributed by atoms with Gasteiger partial charge >= 0.3 is 0 Å². The molecule has 21 heavy (non-hydrogen) atoms. The van der Waals surface area contributed by atoms with Gasteiger partial charge in [0.1, 0.15) is 10.8 Å². The van der Waals surface area contributed by atoms with Gasteiger partial charge in [0.2, 0.25) is 5.91 Å². The molecule has 1 N–H and O–H groups in total. The standard InChI is InChI=1S/C16H17FN2OS/c1-10-9-21-16(18-10)15(12-4-5-12)19-14(20)8-11-2-6-13(17)7-3-11/h2-3,6-7,9,12,15H,4-5,8H2,1H3,(H,19,20)/t15-/m0/s1. The van der Waals surface area contributed by atoms with E-state index in [2.05, 4.69) is 10.3 Å². The molecule has 0 bridgehead atoms. The maximum absolute atomic E-state index is 12.9. The third-order valence-electron chi connectivity index (χ3n) is 3.59. The summed E-state index contributed by atoms with van der Waals surface area (Å²) in [5, 5.41) is 6.09. The summed E-state index contributed by atoms with van der Waals surface area (Å²) in [5.41, 5.74) is 1.81. The van der Waals surface area contributed by atoms with Crippen molar-refractivity contribution in [3.05, 3.63) is 51.7 Å². The lowest BCUT2D eigenvalue weighted by atomic mass is 10.1. The van der Waals surface area contributed by atoms with Crippen LogP contribution in [0.3, 0.4) is 0 Å². The molecule has 0 radical (unpaired) electrons. The van der Waals surface area contributed by atoms with Gasteiger partial charge in [0.25, 0.3) is 0 Å². The summed E-state index contributed by atoms with van der Waals surface area (Å²) in [7, 11) is 0. The first-order valence-electron chi connectivity index (χ1n) is 7.07. The fourth-order valence-electron chi connectivity index (χ4n) is 2.34. The minimum absolute atomic E-state index is 0.0247. The second-order valence-electron chi connectivity index (χ2n) is 5.51. The first-order chi connectivity index (χ1) is 10.1. The third-order valence-corrected chi connectivity index (χ3v) is 4.64. The van der Waals surface area contributed by atoms with E-state index in [0.29, 0.717) is 5.92 Å². The minimum atomic E-state index is -0.284. The summed E-state index contributed by atoms with van der Waals surface area (Å²) in [6.45, 7) is 1.96. The zero-order valence-corrected chi connectivity index (χ0v) is 12.6. The third kappa shape index (κ3) is 3.67. The topological polar surface area (TPSA) is 42.0 Å². The zero-order chi connectivity index (χ0) is 14.8. The molecule has 0 unspecified atom stereocenters. The highest BCUT2D eigenvalue weighted by Gasteiger charge is 2.35. The molecule has 1 saturated carbocycles. The number of aromatic nitrogens is 1. The number of carbonyl (C=O) groups excluding carboxylic acids is 1. The predicted octanol–water partition coefficient (Wildman–Crippen LogP) is 3.40. The van der Waals surface area contributed by atoms with Crippen LogP contribution in [0.5, 0.6) is 0 Å². The highest BCUT2D eigenvalue weighted by atomic mass is 32.1. The molecule has 1 fully saturated rings. The van der Waals surface area contributed by atoms with E-state index in [1.807, 2.05) is 12.3 Å². The van der Waals surface area contributed by atoms with Crippen LogP contribution in [0.25, 0.3) is 0 Å². The van der Waals surface area contributed by atoms with E-state index in [1.165, 1.54) is 12.1 Å². The average Bonchev–Trinajstić information content (AvgIpc) is 3.21. The van der Waals surface area contributed by atoms with E-state index in [4.69, 9.17) is 0 Å². The summed E-state index contributed by atoms with van der Waals surface area (Å²) >= 11 is 1.60. The number of rotatable bonds is 5. The van der Waals surface area contributed by atoms with Gasteiger partial charge in [-0.15, -0.1) is 11.3 Å². The van der Waals surface area contributed by atoms with Crippen LogP contribution < -0.4 is 5.32 Å². The van der Waals surface area contributed by atoms with Gasteiger partial charge in [-0.2, -0.15) is 0 Å². The molecule has 3 rings (SSSR count). The molecular formula is C16H17FN2OS. The number of hydrogen-bond donors (Lipinski definition) is 1. The smallest absolute Gasteiger partial charge is 0.224 e. The van der Waals surface area contributed by atoms with E-state index < -0.39 is 0 Å². The lowest BCUT2D eigenvalue weighted by Crippen LogP contribution is -2.31. The first kappa shape index (κ1) is 14.2. The Bertz CT molecular complexity index is 634. The van der Waals surface area contributed by atoms with E-state index >= 15 is 0 Å². The normalized spacial score (nSPS) is 15.7. The quantitative estimate of drug-likeness (QED) is 0.920. The number of thiazole rings is 1. The molecule has 1 atom stereocenters. The maximum Gasteiger partial charge on any atom is 0.224 e. The number of amides is 1. The number of nitrogens with one attached hydrogen (secondary N) is 1. The monoisotopic (exact) mass is 304 g/mol. The number of carbonyl (C=O) groups is 1. The molecule has 1 aliphatic carbocycles. The molecule has 110 valence electrons. The van der Waals surface area contributed by atoms with E-state index in [0.717, 1.165) is 29.1 Å². The van der Waals surface area contributed by atoms with Gasteiger partial charge in [-0.1, -0.05) is 12.1 Å². The van der Waals surface area contributed by atoms with E-state index in [1.54, 1.807) is 23.5 Å². The lowest BCUT2D eigenvalue weighted by Gasteiger charge is -2.16. The zero-order valence-electron chi connectivity index (χ0n) is 11.8. The van der Waals surface area contributed by atoms with E-state index in [9.17, 15) is 9.18 Å². The van der Waals surface area contributed by atoms with Crippen molar-refractivity contribution in [3.63, 3.8) is 0 Å². The van der Waals surface area contributed by atoms with Crippen LogP contribution in [0.4, 0.5) is 4.39 Å². The van der Waals surface area contributed by atoms with Crippen molar-refractivity contribution in [2.75, 3.05) is 0 Å². The van der Waals surface area contributed by atoms with Gasteiger partial charge in [-0.3, -0.25) is 4.79 Å². The Balaban J connectivity index is 1.65. The Hall–Kier alpha value is -1.75. The number of hydrogen-bond acceptors (Lipinski definition) is 3. The highest BCUT2D eigenvalue weighted by Crippen LogP contribution is 2.41. The highest BCUT2D eigenvalue weighted by molar-refractivity contribution is 7.09. The fourth-order valence-corrected chi connectivity index (χ4v) is 3.28. The Morgan fingerprint density at radius 1 is 1.43 bits per heavy atom. The van der Waals surface area contributed by atoms with Crippen molar-refractivity contribution in [2.45, 2.75) is 32.2 Å². The second kappa shape index (κ2) is 5.93. The SMILES string of the molecule is Cc1csc([C@@H](NC(=O)Cc2ccc(F)cc2)C2CC2)n1. The summed E-state index contributed by atoms with van der Waals surface area (Å²) in [6, 6.07) is 6.08. The Morgan fingerprint density at radius 3 is 2.71 bits per heavy atom. The van der Waals surface area contributed by atoms with Crippen molar-refractivity contribution in [3.8, 4) is 0 Å². The van der Waals surface area contributed by atoms with Gasteiger partial charge in [0.15, 0.2) is 0 Å². The maximum atomic E-state index is 12.9. The predicted molar refractivity (Wildman–Crippen MR) is 80.6 cm³/mol. The van der Waals surface area contributed by atoms with Crippen LogP contribution in [-0.4, -0.2) is 10.9 Å². The van der Waals surface area contributed by atoms with Crippen LogP contribution in [0.15, 0.2) is 29.6 Å². The molecule has 1 heterocycles. The van der Waals surface area contributed by atoms with E-state index in [-0.39, 0.29) is 24.2 Å². The Kier molecular flexibility index (Phi) is 4.01. The van der Waals surface area contributed by atoms with Crippen molar-refractivity contribution in [2.24, 2.45) is 5.92 Å². The largest absolute Gasteiger partial charge is 0.346 e. The lowest BCUT2D eigenvalue weighted by molar-refractivity contribution is -0.121. The van der Waals surface area contributed by atoms with Crippen LogP contribution in [0.2, 0.25) is 0 Å². The van der Waals surface area contributed by atoms with Crippen molar-refractivity contribution < 1.29 is 9.18 Å². The molecule has 1 aliphatic rings. The second-order valence-corrected chi connectivity index (χ2v) is 6.40. The van der Waals surface area contributed by atoms with Gasteiger partial charge in [0, 0.05) is 11.1 Å². The van der Waals surface area contributed by atoms with Gasteiger partial charge in [-0.25, -0.2) is 9.37 Å². The molecule has 0 spiro atoms. The summed E-state index contributed by atoms with van der Waals surface area (Å²) in [6.07, 6.45) is 2.55. The van der Waals surface area contributed by atoms with Gasteiger partial charge < -0.3 is 5.32 Å². The van der Waals surface area contributed by atoms with Crippen molar-refractivity contribution in [1.82, 2.24) is 10.3 Å². The van der Waals surface area contributed by atoms with Crippen molar-refractivity contribution >= 4 is 17.2 Å². The number of nitrogens with zero attached hydrogens (tertiary/aromatic N) is 1. The Morgan fingerprint density at radius 2 is 2.14 bits per heavy atom. The van der Waals surface area contributed by atoms with Gasteiger partial charge in [-0.05, 0) is 43.4 Å². The van der Waals surface area contributed by atoms with Gasteiger partial charge in [0.05, 0.1) is 12.5 Å². The molecule has 2 aromatic rings. The first-order valence-corrected chi connectivity index (χ1v) is 7.95. The molecule has 5 heteroatoms. The minimum Gasteiger partial charge on any atom is -0.346 e. The fraction of sp³-hybridized carbons (Fsp3) is 0.375. The average molecular weight is 304 g/mol. The molecule has 1 amide bonds. The summed E-state index contributed by atoms with van der Waals surface area (Å²) < 4.78 is 12.9. The molecule has 3 nitrogen and oxygen atoms in total. The Labute approximate surface area is 127 Å². The molecule has 1 aromatic heterocycles. The number of benzene rings is 1. The van der Waals surface area contributed by atoms with Crippen LogP contribution in [0, 0.1) is 18.7 Å². The van der Waals surface area contributed by atoms with Crippen LogP contribution in [0.1, 0.15) is 35.1 Å². The summed E-state index contributed by atoms with van der Waals surface area (Å²) in [5.74, 6) is 0.187. The molecular weight excluding hydrogens is 287 g/mol. The molecule has 0 aliphatic heterocycles. The summed E-state index contributed by atoms with van der Waals surface area (Å²) in [4.78, 5) is 16.7. The van der Waals surface area contributed by atoms with Crippen LogP contribution in [-0.2, 0) is 11.2 Å². The number of aryl methyl sites for hydroxylation is 1. The van der Waals surface area contributed by atoms with Crippen molar-refractivity contribution in [1.29, 1.82) is 0 Å². The number of halogens is 1. The molecule has 0 saturated heterocycles. The van der Waals surface area contributed by atoms with Crippen LogP contribution >= 0.6 is 11.3 Å². The molecule has 1 aromatic carbocycles.